The standard InChI is InChI=1S/C21H24N4O2S2/c1-16(15-29-17-6-3-2-4-7-17)21(26)25-11-9-24(10-12-25)14-19-22-20(27-23-19)18-8-5-13-28-18/h2-8,13,16H,9-12,14-15H2,1H3. The maximum absolute atomic E-state index is 12.8. The van der Waals surface area contributed by atoms with Crippen molar-refractivity contribution in [3.63, 3.8) is 0 Å². The molecule has 0 aliphatic carbocycles. The molecule has 0 bridgehead atoms. The zero-order valence-corrected chi connectivity index (χ0v) is 18.0. The Morgan fingerprint density at radius 2 is 1.97 bits per heavy atom. The van der Waals surface area contributed by atoms with Crippen LogP contribution in [0.3, 0.4) is 0 Å². The van der Waals surface area contributed by atoms with Gasteiger partial charge in [-0.25, -0.2) is 0 Å². The molecule has 1 aliphatic rings. The van der Waals surface area contributed by atoms with Crippen LogP contribution < -0.4 is 0 Å². The van der Waals surface area contributed by atoms with E-state index < -0.39 is 0 Å². The summed E-state index contributed by atoms with van der Waals surface area (Å²) >= 11 is 3.33. The van der Waals surface area contributed by atoms with E-state index in [-0.39, 0.29) is 11.8 Å². The van der Waals surface area contributed by atoms with Crippen molar-refractivity contribution >= 4 is 29.0 Å². The third kappa shape index (κ3) is 5.26. The lowest BCUT2D eigenvalue weighted by Gasteiger charge is -2.35. The van der Waals surface area contributed by atoms with E-state index in [9.17, 15) is 4.79 Å². The molecule has 1 aliphatic heterocycles. The van der Waals surface area contributed by atoms with Crippen LogP contribution in [0.2, 0.25) is 0 Å². The molecule has 4 rings (SSSR count). The molecule has 152 valence electrons. The molecule has 0 radical (unpaired) electrons. The van der Waals surface area contributed by atoms with Gasteiger partial charge >= 0.3 is 0 Å². The average molecular weight is 429 g/mol. The van der Waals surface area contributed by atoms with E-state index in [0.717, 1.165) is 36.8 Å². The first kappa shape index (κ1) is 20.1. The summed E-state index contributed by atoms with van der Waals surface area (Å²) in [7, 11) is 0. The van der Waals surface area contributed by atoms with E-state index >= 15 is 0 Å². The van der Waals surface area contributed by atoms with Gasteiger partial charge in [0.25, 0.3) is 5.89 Å². The number of piperazine rings is 1. The van der Waals surface area contributed by atoms with Crippen LogP contribution in [0.5, 0.6) is 0 Å². The van der Waals surface area contributed by atoms with Crippen LogP contribution >= 0.6 is 23.1 Å². The molecule has 6 nitrogen and oxygen atoms in total. The number of rotatable bonds is 7. The molecule has 0 saturated carbocycles. The number of hydrogen-bond donors (Lipinski definition) is 0. The quantitative estimate of drug-likeness (QED) is 0.533. The molecular formula is C21H24N4O2S2. The Kier molecular flexibility index (Phi) is 6.63. The van der Waals surface area contributed by atoms with Crippen molar-refractivity contribution in [2.24, 2.45) is 5.92 Å². The number of thioether (sulfide) groups is 1. The van der Waals surface area contributed by atoms with Crippen molar-refractivity contribution in [3.05, 3.63) is 53.7 Å². The number of carbonyl (C=O) groups excluding carboxylic acids is 1. The first-order valence-corrected chi connectivity index (χ1v) is 11.6. The molecule has 1 amide bonds. The van der Waals surface area contributed by atoms with Crippen molar-refractivity contribution in [2.45, 2.75) is 18.4 Å². The first-order valence-electron chi connectivity index (χ1n) is 9.74. The van der Waals surface area contributed by atoms with Gasteiger partial charge in [0.05, 0.1) is 11.4 Å². The fourth-order valence-corrected chi connectivity index (χ4v) is 4.85. The van der Waals surface area contributed by atoms with Gasteiger partial charge < -0.3 is 9.42 Å². The van der Waals surface area contributed by atoms with Crippen molar-refractivity contribution in [1.82, 2.24) is 19.9 Å². The van der Waals surface area contributed by atoms with E-state index in [1.165, 1.54) is 4.90 Å². The smallest absolute Gasteiger partial charge is 0.268 e. The van der Waals surface area contributed by atoms with Crippen molar-refractivity contribution in [2.75, 3.05) is 31.9 Å². The van der Waals surface area contributed by atoms with E-state index in [1.54, 1.807) is 23.1 Å². The van der Waals surface area contributed by atoms with Gasteiger partial charge in [0.1, 0.15) is 0 Å². The Labute approximate surface area is 178 Å². The predicted octanol–water partition coefficient (Wildman–Crippen LogP) is 3.87. The minimum absolute atomic E-state index is 0.0114. The molecule has 1 atom stereocenters. The molecule has 1 aromatic carbocycles. The molecular weight excluding hydrogens is 404 g/mol. The summed E-state index contributed by atoms with van der Waals surface area (Å²) in [5.74, 6) is 2.33. The molecule has 1 fully saturated rings. The highest BCUT2D eigenvalue weighted by atomic mass is 32.2. The highest BCUT2D eigenvalue weighted by Gasteiger charge is 2.25. The first-order chi connectivity index (χ1) is 14.2. The highest BCUT2D eigenvalue weighted by Crippen LogP contribution is 2.23. The van der Waals surface area contributed by atoms with Gasteiger partial charge in [-0.15, -0.1) is 23.1 Å². The molecule has 0 N–H and O–H groups in total. The molecule has 1 unspecified atom stereocenters. The van der Waals surface area contributed by atoms with Gasteiger partial charge in [0.15, 0.2) is 5.82 Å². The number of nitrogens with zero attached hydrogens (tertiary/aromatic N) is 4. The van der Waals surface area contributed by atoms with E-state index in [1.807, 2.05) is 47.5 Å². The summed E-state index contributed by atoms with van der Waals surface area (Å²) in [5, 5.41) is 6.09. The number of thiophene rings is 1. The van der Waals surface area contributed by atoms with Crippen LogP contribution in [0.25, 0.3) is 10.8 Å². The van der Waals surface area contributed by atoms with E-state index in [2.05, 4.69) is 27.2 Å². The Balaban J connectivity index is 1.23. The van der Waals surface area contributed by atoms with Crippen LogP contribution in [0.15, 0.2) is 57.3 Å². The second-order valence-corrected chi connectivity index (χ2v) is 9.16. The molecule has 0 spiro atoms. The zero-order chi connectivity index (χ0) is 20.1. The van der Waals surface area contributed by atoms with E-state index in [4.69, 9.17) is 4.52 Å². The number of hydrogen-bond acceptors (Lipinski definition) is 7. The summed E-state index contributed by atoms with van der Waals surface area (Å²) < 4.78 is 5.36. The third-order valence-electron chi connectivity index (χ3n) is 4.91. The largest absolute Gasteiger partial charge is 0.340 e. The minimum Gasteiger partial charge on any atom is -0.340 e. The zero-order valence-electron chi connectivity index (χ0n) is 16.4. The van der Waals surface area contributed by atoms with Gasteiger partial charge in [-0.3, -0.25) is 9.69 Å². The van der Waals surface area contributed by atoms with Crippen LogP contribution in [0.1, 0.15) is 12.7 Å². The third-order valence-corrected chi connectivity index (χ3v) is 7.04. The van der Waals surface area contributed by atoms with Gasteiger partial charge in [0.2, 0.25) is 5.91 Å². The predicted molar refractivity (Wildman–Crippen MR) is 116 cm³/mol. The SMILES string of the molecule is CC(CSc1ccccc1)C(=O)N1CCN(Cc2noc(-c3cccs3)n2)CC1. The number of aromatic nitrogens is 2. The van der Waals surface area contributed by atoms with Crippen LogP contribution in [-0.2, 0) is 11.3 Å². The lowest BCUT2D eigenvalue weighted by atomic mass is 10.1. The molecule has 3 aromatic rings. The fourth-order valence-electron chi connectivity index (χ4n) is 3.27. The number of amides is 1. The number of carbonyl (C=O) groups is 1. The fraction of sp³-hybridized carbons (Fsp3) is 0.381. The highest BCUT2D eigenvalue weighted by molar-refractivity contribution is 7.99. The van der Waals surface area contributed by atoms with Gasteiger partial charge in [-0.2, -0.15) is 4.98 Å². The average Bonchev–Trinajstić information content (AvgIpc) is 3.45. The van der Waals surface area contributed by atoms with Crippen molar-refractivity contribution < 1.29 is 9.32 Å². The van der Waals surface area contributed by atoms with Crippen LogP contribution in [0.4, 0.5) is 0 Å². The summed E-state index contributed by atoms with van der Waals surface area (Å²) in [5.41, 5.74) is 0. The topological polar surface area (TPSA) is 62.5 Å². The lowest BCUT2D eigenvalue weighted by Crippen LogP contribution is -2.50. The summed E-state index contributed by atoms with van der Waals surface area (Å²) in [6, 6.07) is 14.2. The Morgan fingerprint density at radius 3 is 2.69 bits per heavy atom. The Hall–Kier alpha value is -2.16. The summed E-state index contributed by atoms with van der Waals surface area (Å²) in [6.45, 7) is 5.82. The molecule has 29 heavy (non-hydrogen) atoms. The summed E-state index contributed by atoms with van der Waals surface area (Å²) in [6.07, 6.45) is 0. The van der Waals surface area contributed by atoms with Gasteiger partial charge in [-0.05, 0) is 23.6 Å². The maximum Gasteiger partial charge on any atom is 0.268 e. The Morgan fingerprint density at radius 1 is 1.17 bits per heavy atom. The van der Waals surface area contributed by atoms with Crippen molar-refractivity contribution in [1.29, 1.82) is 0 Å². The molecule has 3 heterocycles. The van der Waals surface area contributed by atoms with Gasteiger partial charge in [0, 0.05) is 42.7 Å². The van der Waals surface area contributed by atoms with Crippen molar-refractivity contribution in [3.8, 4) is 10.8 Å². The normalized spacial score (nSPS) is 16.1. The molecule has 2 aromatic heterocycles. The molecule has 1 saturated heterocycles. The van der Waals surface area contributed by atoms with Crippen LogP contribution in [-0.4, -0.2) is 57.8 Å². The monoisotopic (exact) mass is 428 g/mol. The van der Waals surface area contributed by atoms with Gasteiger partial charge in [-0.1, -0.05) is 36.3 Å². The minimum atomic E-state index is 0.0114. The number of benzene rings is 1. The van der Waals surface area contributed by atoms with E-state index in [0.29, 0.717) is 18.3 Å². The Bertz CT molecular complexity index is 906. The van der Waals surface area contributed by atoms with Crippen LogP contribution in [0, 0.1) is 5.92 Å². The lowest BCUT2D eigenvalue weighted by molar-refractivity contribution is -0.136. The second-order valence-electron chi connectivity index (χ2n) is 7.12. The second kappa shape index (κ2) is 9.56. The summed E-state index contributed by atoms with van der Waals surface area (Å²) in [4.78, 5) is 23.7. The molecule has 8 heteroatoms. The maximum atomic E-state index is 12.8.